The first kappa shape index (κ1) is 25.2. The SMILES string of the molecule is CCN1C(=O)C(=Cc2ccccc2OC[C@@H](O)CN2CCC(c3ccc4ccccc4c3)CC2)N=C1C. The topological polar surface area (TPSA) is 65.4 Å². The van der Waals surface area contributed by atoms with Gasteiger partial charge in [0.2, 0.25) is 0 Å². The number of piperidine rings is 1. The van der Waals surface area contributed by atoms with Crippen molar-refractivity contribution in [3.8, 4) is 5.75 Å². The number of likely N-dealkylation sites (tertiary alicyclic amines) is 1. The summed E-state index contributed by atoms with van der Waals surface area (Å²) >= 11 is 0. The predicted octanol–water partition coefficient (Wildman–Crippen LogP) is 5.08. The predicted molar refractivity (Wildman–Crippen MR) is 149 cm³/mol. The molecule has 192 valence electrons. The van der Waals surface area contributed by atoms with Gasteiger partial charge in [0.05, 0.1) is 0 Å². The molecule has 0 unspecified atom stereocenters. The number of benzene rings is 3. The second-order valence-corrected chi connectivity index (χ2v) is 9.92. The van der Waals surface area contributed by atoms with Gasteiger partial charge in [0.1, 0.15) is 30.0 Å². The van der Waals surface area contributed by atoms with Gasteiger partial charge < -0.3 is 14.7 Å². The van der Waals surface area contributed by atoms with Crippen LogP contribution in [-0.2, 0) is 4.79 Å². The zero-order valence-electron chi connectivity index (χ0n) is 21.6. The number of hydrogen-bond acceptors (Lipinski definition) is 5. The van der Waals surface area contributed by atoms with Crippen LogP contribution in [0.5, 0.6) is 5.75 Å². The molecule has 3 aromatic carbocycles. The lowest BCUT2D eigenvalue weighted by Crippen LogP contribution is -2.40. The summed E-state index contributed by atoms with van der Waals surface area (Å²) in [7, 11) is 0. The van der Waals surface area contributed by atoms with Crippen LogP contribution in [0, 0.1) is 0 Å². The molecule has 2 heterocycles. The van der Waals surface area contributed by atoms with Crippen molar-refractivity contribution in [3.63, 3.8) is 0 Å². The second kappa shape index (κ2) is 11.3. The van der Waals surface area contributed by atoms with Crippen LogP contribution in [0.3, 0.4) is 0 Å². The molecule has 0 radical (unpaired) electrons. The summed E-state index contributed by atoms with van der Waals surface area (Å²) < 4.78 is 6.00. The molecule has 1 amide bonds. The zero-order chi connectivity index (χ0) is 25.8. The number of para-hydroxylation sites is 1. The highest BCUT2D eigenvalue weighted by Gasteiger charge is 2.26. The van der Waals surface area contributed by atoms with Gasteiger partial charge in [-0.2, -0.15) is 0 Å². The van der Waals surface area contributed by atoms with Crippen LogP contribution in [0.2, 0.25) is 0 Å². The molecule has 0 aromatic heterocycles. The highest BCUT2D eigenvalue weighted by molar-refractivity contribution is 6.13. The Morgan fingerprint density at radius 3 is 2.54 bits per heavy atom. The minimum absolute atomic E-state index is 0.0954. The number of carbonyl (C=O) groups is 1. The minimum atomic E-state index is -0.595. The Hall–Kier alpha value is -3.48. The van der Waals surface area contributed by atoms with Gasteiger partial charge in [0, 0.05) is 18.7 Å². The Morgan fingerprint density at radius 1 is 1.05 bits per heavy atom. The number of amides is 1. The number of nitrogens with zero attached hydrogens (tertiary/aromatic N) is 3. The fraction of sp³-hybridized carbons (Fsp3) is 0.355. The maximum atomic E-state index is 12.6. The fourth-order valence-corrected chi connectivity index (χ4v) is 5.36. The molecular formula is C31H35N3O3. The summed E-state index contributed by atoms with van der Waals surface area (Å²) in [6, 6.07) is 22.9. The quantitative estimate of drug-likeness (QED) is 0.441. The van der Waals surface area contributed by atoms with E-state index in [-0.39, 0.29) is 12.5 Å². The molecule has 0 spiro atoms. The van der Waals surface area contributed by atoms with Crippen LogP contribution in [0.1, 0.15) is 43.7 Å². The average Bonchev–Trinajstić information content (AvgIpc) is 3.19. The van der Waals surface area contributed by atoms with Gasteiger partial charge in [-0.25, -0.2) is 4.99 Å². The van der Waals surface area contributed by atoms with Crippen molar-refractivity contribution >= 4 is 28.6 Å². The van der Waals surface area contributed by atoms with Crippen LogP contribution in [-0.4, -0.2) is 65.5 Å². The first-order chi connectivity index (χ1) is 18.0. The van der Waals surface area contributed by atoms with Crippen molar-refractivity contribution in [2.45, 2.75) is 38.7 Å². The maximum absolute atomic E-state index is 12.6. The lowest BCUT2D eigenvalue weighted by Gasteiger charge is -2.33. The first-order valence-electron chi connectivity index (χ1n) is 13.2. The maximum Gasteiger partial charge on any atom is 0.277 e. The van der Waals surface area contributed by atoms with Gasteiger partial charge in [-0.3, -0.25) is 9.69 Å². The van der Waals surface area contributed by atoms with Gasteiger partial charge in [0.25, 0.3) is 5.91 Å². The van der Waals surface area contributed by atoms with Crippen LogP contribution < -0.4 is 4.74 Å². The molecule has 1 N–H and O–H groups in total. The zero-order valence-corrected chi connectivity index (χ0v) is 21.6. The Morgan fingerprint density at radius 2 is 1.78 bits per heavy atom. The van der Waals surface area contributed by atoms with E-state index in [0.29, 0.717) is 36.3 Å². The molecule has 5 rings (SSSR count). The highest BCUT2D eigenvalue weighted by Crippen LogP contribution is 2.30. The summed E-state index contributed by atoms with van der Waals surface area (Å²) in [6.45, 7) is 7.07. The smallest absolute Gasteiger partial charge is 0.277 e. The van der Waals surface area contributed by atoms with E-state index in [0.717, 1.165) is 31.5 Å². The van der Waals surface area contributed by atoms with Gasteiger partial charge in [-0.1, -0.05) is 60.7 Å². The summed E-state index contributed by atoms with van der Waals surface area (Å²) in [5, 5.41) is 13.3. The second-order valence-electron chi connectivity index (χ2n) is 9.92. The number of rotatable bonds is 8. The molecule has 1 saturated heterocycles. The Labute approximate surface area is 218 Å². The van der Waals surface area contributed by atoms with Crippen LogP contribution >= 0.6 is 0 Å². The van der Waals surface area contributed by atoms with Gasteiger partial charge in [0.15, 0.2) is 0 Å². The van der Waals surface area contributed by atoms with Crippen molar-refractivity contribution in [2.24, 2.45) is 4.99 Å². The molecule has 2 aliphatic rings. The molecular weight excluding hydrogens is 462 g/mol. The molecule has 37 heavy (non-hydrogen) atoms. The third-order valence-corrected chi connectivity index (χ3v) is 7.40. The van der Waals surface area contributed by atoms with Crippen molar-refractivity contribution in [1.29, 1.82) is 0 Å². The number of aliphatic hydroxyl groups excluding tert-OH is 1. The number of aliphatic hydroxyl groups is 1. The van der Waals surface area contributed by atoms with E-state index in [1.54, 1.807) is 11.0 Å². The monoisotopic (exact) mass is 497 g/mol. The van der Waals surface area contributed by atoms with E-state index in [9.17, 15) is 9.90 Å². The minimum Gasteiger partial charge on any atom is -0.490 e. The number of amidine groups is 1. The van der Waals surface area contributed by atoms with Crippen LogP contribution in [0.4, 0.5) is 0 Å². The van der Waals surface area contributed by atoms with Crippen LogP contribution in [0.15, 0.2) is 77.4 Å². The standard InChI is InChI=1S/C31H35N3O3/c1-3-34-22(2)32-29(31(34)36)19-27-10-6-7-11-30(27)37-21-28(35)20-33-16-14-24(15-17-33)26-13-12-23-8-4-5-9-25(23)18-26/h4-13,18-19,24,28,35H,3,14-17,20-21H2,1-2H3/t28-/m0/s1. The molecule has 1 fully saturated rings. The fourth-order valence-electron chi connectivity index (χ4n) is 5.36. The lowest BCUT2D eigenvalue weighted by atomic mass is 9.88. The van der Waals surface area contributed by atoms with Crippen LogP contribution in [0.25, 0.3) is 16.8 Å². The van der Waals surface area contributed by atoms with Crippen molar-refractivity contribution < 1.29 is 14.6 Å². The molecule has 6 heteroatoms. The van der Waals surface area contributed by atoms with E-state index in [4.69, 9.17) is 4.74 Å². The van der Waals surface area contributed by atoms with Crippen molar-refractivity contribution in [3.05, 3.63) is 83.6 Å². The molecule has 6 nitrogen and oxygen atoms in total. The summed E-state index contributed by atoms with van der Waals surface area (Å²) in [5.41, 5.74) is 2.60. The van der Waals surface area contributed by atoms with Gasteiger partial charge >= 0.3 is 0 Å². The molecule has 1 atom stereocenters. The molecule has 0 aliphatic carbocycles. The molecule has 2 aliphatic heterocycles. The van der Waals surface area contributed by atoms with Crippen molar-refractivity contribution in [2.75, 3.05) is 32.8 Å². The van der Waals surface area contributed by atoms with E-state index < -0.39 is 6.10 Å². The number of likely N-dealkylation sites (N-methyl/N-ethyl adjacent to an activating group) is 1. The van der Waals surface area contributed by atoms with E-state index in [1.807, 2.05) is 38.1 Å². The largest absolute Gasteiger partial charge is 0.490 e. The lowest BCUT2D eigenvalue weighted by molar-refractivity contribution is -0.122. The number of fused-ring (bicyclic) bond motifs is 1. The molecule has 0 saturated carbocycles. The number of β-amino-alcohol motifs (C(OH)–C–C–N with tert-alkyl or cyclic N) is 1. The number of ether oxygens (including phenoxy) is 1. The van der Waals surface area contributed by atoms with E-state index in [1.165, 1.54) is 16.3 Å². The highest BCUT2D eigenvalue weighted by atomic mass is 16.5. The van der Waals surface area contributed by atoms with Gasteiger partial charge in [-0.15, -0.1) is 0 Å². The van der Waals surface area contributed by atoms with Crippen molar-refractivity contribution in [1.82, 2.24) is 9.80 Å². The summed E-state index contributed by atoms with van der Waals surface area (Å²) in [4.78, 5) is 21.0. The number of aliphatic imine (C=N–C) groups is 1. The molecule has 0 bridgehead atoms. The normalized spacial score (nSPS) is 19.0. The average molecular weight is 498 g/mol. The third-order valence-electron chi connectivity index (χ3n) is 7.40. The Balaban J connectivity index is 1.14. The number of hydrogen-bond donors (Lipinski definition) is 1. The summed E-state index contributed by atoms with van der Waals surface area (Å²) in [5.74, 6) is 1.81. The Kier molecular flexibility index (Phi) is 7.68. The van der Waals surface area contributed by atoms with E-state index in [2.05, 4.69) is 52.4 Å². The third kappa shape index (κ3) is 5.76. The van der Waals surface area contributed by atoms with E-state index >= 15 is 0 Å². The Bertz CT molecular complexity index is 1320. The first-order valence-corrected chi connectivity index (χ1v) is 13.2. The summed E-state index contributed by atoms with van der Waals surface area (Å²) in [6.07, 6.45) is 3.35. The van der Waals surface area contributed by atoms with Gasteiger partial charge in [-0.05, 0) is 74.2 Å². The molecule has 3 aromatic rings. The number of carbonyl (C=O) groups excluding carboxylic acids is 1.